The van der Waals surface area contributed by atoms with Crippen LogP contribution in [0.15, 0.2) is 30.3 Å². The molecule has 0 aliphatic carbocycles. The zero-order chi connectivity index (χ0) is 13.1. The van der Waals surface area contributed by atoms with Crippen LogP contribution in [0.2, 0.25) is 0 Å². The van der Waals surface area contributed by atoms with Gasteiger partial charge in [0.2, 0.25) is 11.8 Å². The summed E-state index contributed by atoms with van der Waals surface area (Å²) in [6, 6.07) is 9.14. The molecule has 0 saturated heterocycles. The maximum absolute atomic E-state index is 5.59. The molecule has 1 heterocycles. The summed E-state index contributed by atoms with van der Waals surface area (Å²) in [5.41, 5.74) is 12.1. The molecule has 0 radical (unpaired) electrons. The molecular weight excluding hydrogens is 230 g/mol. The third-order valence-corrected chi connectivity index (χ3v) is 2.30. The van der Waals surface area contributed by atoms with Gasteiger partial charge in [0.1, 0.15) is 11.6 Å². The first kappa shape index (κ1) is 12.0. The lowest BCUT2D eigenvalue weighted by atomic mass is 10.3. The van der Waals surface area contributed by atoms with Crippen molar-refractivity contribution < 1.29 is 4.74 Å². The van der Waals surface area contributed by atoms with E-state index in [-0.39, 0.29) is 11.8 Å². The fourth-order valence-corrected chi connectivity index (χ4v) is 1.46. The van der Waals surface area contributed by atoms with Gasteiger partial charge in [0, 0.05) is 31.9 Å². The van der Waals surface area contributed by atoms with Crippen LogP contribution in [0.4, 0.5) is 17.5 Å². The summed E-state index contributed by atoms with van der Waals surface area (Å²) >= 11 is 0. The van der Waals surface area contributed by atoms with E-state index in [4.69, 9.17) is 16.2 Å². The highest BCUT2D eigenvalue weighted by molar-refractivity contribution is 5.50. The number of nitrogens with zero attached hydrogens (tertiary/aromatic N) is 3. The molecule has 0 aliphatic heterocycles. The molecule has 2 aromatic rings. The van der Waals surface area contributed by atoms with E-state index >= 15 is 0 Å². The van der Waals surface area contributed by atoms with Crippen LogP contribution in [0.1, 0.15) is 0 Å². The minimum Gasteiger partial charge on any atom is -0.439 e. The Bertz CT molecular complexity index is 536. The number of hydrogen-bond donors (Lipinski definition) is 2. The molecule has 6 nitrogen and oxygen atoms in total. The first-order valence-corrected chi connectivity index (χ1v) is 5.40. The van der Waals surface area contributed by atoms with Crippen LogP contribution in [0.3, 0.4) is 0 Å². The molecule has 1 aromatic heterocycles. The summed E-state index contributed by atoms with van der Waals surface area (Å²) < 4.78 is 5.59. The van der Waals surface area contributed by atoms with Gasteiger partial charge in [-0.3, -0.25) is 0 Å². The Balaban J connectivity index is 2.25. The molecule has 0 atom stereocenters. The van der Waals surface area contributed by atoms with E-state index in [0.29, 0.717) is 11.6 Å². The first-order chi connectivity index (χ1) is 8.54. The molecular formula is C12H15N5O. The van der Waals surface area contributed by atoms with Crippen LogP contribution >= 0.6 is 0 Å². The van der Waals surface area contributed by atoms with Gasteiger partial charge in [-0.25, -0.2) is 0 Å². The Morgan fingerprint density at radius 2 is 1.89 bits per heavy atom. The Hall–Kier alpha value is -2.50. The lowest BCUT2D eigenvalue weighted by Gasteiger charge is -2.13. The Morgan fingerprint density at radius 3 is 2.56 bits per heavy atom. The number of hydrogen-bond acceptors (Lipinski definition) is 6. The second kappa shape index (κ2) is 4.79. The summed E-state index contributed by atoms with van der Waals surface area (Å²) in [6.45, 7) is 0. The standard InChI is InChI=1S/C12H15N5O/c1-17(2)8-4-3-5-9(6-8)18-11-7-10(13)15-12(14)16-11/h3-7H,1-2H3,(H4,13,14,15,16). The highest BCUT2D eigenvalue weighted by Gasteiger charge is 2.04. The van der Waals surface area contributed by atoms with E-state index in [2.05, 4.69) is 9.97 Å². The van der Waals surface area contributed by atoms with Gasteiger partial charge in [0.25, 0.3) is 0 Å². The molecule has 0 saturated carbocycles. The minimum atomic E-state index is 0.0914. The normalized spacial score (nSPS) is 10.1. The van der Waals surface area contributed by atoms with Crippen molar-refractivity contribution in [2.45, 2.75) is 0 Å². The lowest BCUT2D eigenvalue weighted by molar-refractivity contribution is 0.463. The predicted octanol–water partition coefficient (Wildman–Crippen LogP) is 1.50. The van der Waals surface area contributed by atoms with Crippen LogP contribution in [-0.2, 0) is 0 Å². The van der Waals surface area contributed by atoms with Crippen molar-refractivity contribution in [2.24, 2.45) is 0 Å². The van der Waals surface area contributed by atoms with Crippen LogP contribution in [-0.4, -0.2) is 24.1 Å². The lowest BCUT2D eigenvalue weighted by Crippen LogP contribution is -2.08. The van der Waals surface area contributed by atoms with Gasteiger partial charge in [-0.2, -0.15) is 9.97 Å². The molecule has 0 amide bonds. The van der Waals surface area contributed by atoms with E-state index in [9.17, 15) is 0 Å². The highest BCUT2D eigenvalue weighted by Crippen LogP contribution is 2.24. The number of nitrogen functional groups attached to an aromatic ring is 2. The molecule has 2 rings (SSSR count). The van der Waals surface area contributed by atoms with Crippen LogP contribution in [0.5, 0.6) is 11.6 Å². The van der Waals surface area contributed by atoms with Gasteiger partial charge in [0.05, 0.1) is 0 Å². The van der Waals surface area contributed by atoms with Crippen molar-refractivity contribution in [3.8, 4) is 11.6 Å². The predicted molar refractivity (Wildman–Crippen MR) is 71.7 cm³/mol. The van der Waals surface area contributed by atoms with Crippen molar-refractivity contribution in [1.29, 1.82) is 0 Å². The summed E-state index contributed by atoms with van der Waals surface area (Å²) in [5.74, 6) is 1.37. The molecule has 0 unspecified atom stereocenters. The van der Waals surface area contributed by atoms with E-state index in [1.165, 1.54) is 6.07 Å². The molecule has 0 bridgehead atoms. The Morgan fingerprint density at radius 1 is 1.11 bits per heavy atom. The van der Waals surface area contributed by atoms with Crippen molar-refractivity contribution in [2.75, 3.05) is 30.5 Å². The van der Waals surface area contributed by atoms with Gasteiger partial charge in [-0.15, -0.1) is 0 Å². The average Bonchev–Trinajstić information content (AvgIpc) is 2.27. The molecule has 0 aliphatic rings. The minimum absolute atomic E-state index is 0.0914. The third-order valence-electron chi connectivity index (χ3n) is 2.30. The van der Waals surface area contributed by atoms with E-state index in [1.807, 2.05) is 43.3 Å². The van der Waals surface area contributed by atoms with E-state index in [1.54, 1.807) is 0 Å². The maximum Gasteiger partial charge on any atom is 0.226 e. The van der Waals surface area contributed by atoms with Crippen molar-refractivity contribution in [3.63, 3.8) is 0 Å². The Kier molecular flexibility index (Phi) is 3.18. The van der Waals surface area contributed by atoms with Gasteiger partial charge in [0.15, 0.2) is 0 Å². The van der Waals surface area contributed by atoms with Crippen LogP contribution in [0.25, 0.3) is 0 Å². The monoisotopic (exact) mass is 245 g/mol. The SMILES string of the molecule is CN(C)c1cccc(Oc2cc(N)nc(N)n2)c1. The van der Waals surface area contributed by atoms with Crippen molar-refractivity contribution in [3.05, 3.63) is 30.3 Å². The second-order valence-corrected chi connectivity index (χ2v) is 3.98. The molecule has 0 fully saturated rings. The first-order valence-electron chi connectivity index (χ1n) is 5.40. The summed E-state index contributed by atoms with van der Waals surface area (Å²) in [7, 11) is 3.92. The fraction of sp³-hybridized carbons (Fsp3) is 0.167. The maximum atomic E-state index is 5.59. The molecule has 6 heteroatoms. The average molecular weight is 245 g/mol. The molecule has 4 N–H and O–H groups in total. The number of benzene rings is 1. The number of aromatic nitrogens is 2. The van der Waals surface area contributed by atoms with Crippen molar-refractivity contribution in [1.82, 2.24) is 9.97 Å². The highest BCUT2D eigenvalue weighted by atomic mass is 16.5. The second-order valence-electron chi connectivity index (χ2n) is 3.98. The fourth-order valence-electron chi connectivity index (χ4n) is 1.46. The number of ether oxygens (including phenoxy) is 1. The van der Waals surface area contributed by atoms with Gasteiger partial charge >= 0.3 is 0 Å². The quantitative estimate of drug-likeness (QED) is 0.851. The number of rotatable bonds is 3. The van der Waals surface area contributed by atoms with E-state index in [0.717, 1.165) is 5.69 Å². The van der Waals surface area contributed by atoms with Gasteiger partial charge < -0.3 is 21.1 Å². The van der Waals surface area contributed by atoms with Crippen LogP contribution in [0, 0.1) is 0 Å². The zero-order valence-corrected chi connectivity index (χ0v) is 10.3. The van der Waals surface area contributed by atoms with Crippen LogP contribution < -0.4 is 21.1 Å². The topological polar surface area (TPSA) is 90.3 Å². The number of anilines is 3. The summed E-state index contributed by atoms with van der Waals surface area (Å²) in [6.07, 6.45) is 0. The largest absolute Gasteiger partial charge is 0.439 e. The molecule has 94 valence electrons. The van der Waals surface area contributed by atoms with Crippen molar-refractivity contribution >= 4 is 17.5 Å². The molecule has 18 heavy (non-hydrogen) atoms. The third kappa shape index (κ3) is 2.79. The van der Waals surface area contributed by atoms with Gasteiger partial charge in [-0.1, -0.05) is 6.07 Å². The molecule has 0 spiro atoms. The van der Waals surface area contributed by atoms with Gasteiger partial charge in [-0.05, 0) is 12.1 Å². The summed E-state index contributed by atoms with van der Waals surface area (Å²) in [4.78, 5) is 9.71. The molecule has 1 aromatic carbocycles. The smallest absolute Gasteiger partial charge is 0.226 e. The number of nitrogens with two attached hydrogens (primary N) is 2. The zero-order valence-electron chi connectivity index (χ0n) is 10.3. The summed E-state index contributed by atoms with van der Waals surface area (Å²) in [5, 5.41) is 0. The Labute approximate surface area is 105 Å². The van der Waals surface area contributed by atoms with E-state index < -0.39 is 0 Å².